The molecule has 8 N–H and O–H groups in total. The molecule has 16 aromatic rings. The Morgan fingerprint density at radius 2 is 0.640 bits per heavy atom. The summed E-state index contributed by atoms with van der Waals surface area (Å²) in [6.07, 6.45) is 11.0. The molecule has 0 atom stereocenters. The summed E-state index contributed by atoms with van der Waals surface area (Å²) in [6.45, 7) is 18.2. The molecule has 0 unspecified atom stereocenters. The molecule has 16 rings (SSSR count). The first kappa shape index (κ1) is 122. The molecular weight excluding hydrogens is 2510 g/mol. The summed E-state index contributed by atoms with van der Waals surface area (Å²) in [5, 5.41) is 71.2. The van der Waals surface area contributed by atoms with Crippen molar-refractivity contribution < 1.29 is 44.5 Å². The minimum atomic E-state index is -0.887. The van der Waals surface area contributed by atoms with Gasteiger partial charge < -0.3 is 40.6 Å². The van der Waals surface area contributed by atoms with Gasteiger partial charge in [-0.1, -0.05) is 210 Å². The van der Waals surface area contributed by atoms with Crippen molar-refractivity contribution in [3.63, 3.8) is 0 Å². The number of nitrogens with zero attached hydrogens (tertiary/aromatic N) is 16. The Hall–Kier alpha value is -7.95. The summed E-state index contributed by atoms with van der Waals surface area (Å²) < 4.78 is 35.9. The van der Waals surface area contributed by atoms with E-state index in [-0.39, 0.29) is 336 Å². The molecule has 31 nitrogen and oxygen atoms in total. The molecule has 0 aliphatic heterocycles. The van der Waals surface area contributed by atoms with E-state index in [1.54, 1.807) is 18.2 Å². The normalized spacial score (nSPS) is 10.8. The average molecular weight is 2590 g/mol. The molecule has 8 aromatic heterocycles. The molecule has 8 aromatic carbocycles. The number of nitrogens with one attached hydrogen (secondary N) is 1. The van der Waals surface area contributed by atoms with Crippen molar-refractivity contribution in [2.24, 2.45) is 5.92 Å². The van der Waals surface area contributed by atoms with Crippen molar-refractivity contribution in [3.8, 4) is 40.2 Å². The number of fused-ring (bicyclic) bond motifs is 7. The monoisotopic (exact) mass is 2570 g/mol. The van der Waals surface area contributed by atoms with E-state index in [0.717, 1.165) is 55.6 Å². The van der Waals surface area contributed by atoms with Crippen LogP contribution in [0.4, 0.5) is 14.5 Å². The lowest BCUT2D eigenvalue weighted by atomic mass is 10.2. The fraction of sp³-hybridized carbons (Fsp3) is 0.221. The average Bonchev–Trinajstić information content (AvgIpc) is 0.804. The van der Waals surface area contributed by atoms with Crippen LogP contribution in [0.3, 0.4) is 0 Å². The van der Waals surface area contributed by atoms with E-state index < -0.39 is 28.3 Å². The number of aryl methyl sites for hydroxylation is 1. The molecule has 53 heteroatoms. The van der Waals surface area contributed by atoms with Crippen LogP contribution in [0.2, 0.25) is 70.3 Å². The number of phenolic OH excluding ortho intramolecular Hbond substituents is 7. The molecule has 0 amide bonds. The van der Waals surface area contributed by atoms with Crippen LogP contribution in [0.5, 0.6) is 40.2 Å². The second kappa shape index (κ2) is 53.1. The smallest absolute Gasteiger partial charge is 0.281 e. The zero-order chi connectivity index (χ0) is 97.5. The van der Waals surface area contributed by atoms with Gasteiger partial charge in [0, 0.05) is 38.3 Å². The number of hydrogen-bond donors (Lipinski definition) is 8. The van der Waals surface area contributed by atoms with Crippen LogP contribution in [-0.2, 0) is 32.7 Å². The van der Waals surface area contributed by atoms with Gasteiger partial charge in [0.2, 0.25) is 0 Å². The Kier molecular flexibility index (Phi) is 46.4. The zero-order valence-corrected chi connectivity index (χ0v) is 93.3. The van der Waals surface area contributed by atoms with Crippen molar-refractivity contribution in [2.75, 3.05) is 25.1 Å². The summed E-state index contributed by atoms with van der Waals surface area (Å²) in [6, 6.07) is 17.1. The Morgan fingerprint density at radius 1 is 0.353 bits per heavy atom. The number of likely N-dealkylation sites (N-methyl/N-ethyl adjacent to an activating group) is 1. The van der Waals surface area contributed by atoms with E-state index >= 15 is 0 Å². The number of benzene rings is 8. The molecule has 0 bridgehead atoms. The predicted molar refractivity (Wildman–Crippen MR) is 581 cm³/mol. The fourth-order valence-corrected chi connectivity index (χ4v) is 16.8. The number of phenols is 7. The first-order valence-corrected chi connectivity index (χ1v) is 44.6. The first-order valence-electron chi connectivity index (χ1n) is 39.3. The second-order valence-corrected chi connectivity index (χ2v) is 35.2. The highest BCUT2D eigenvalue weighted by Crippen LogP contribution is 2.41. The van der Waals surface area contributed by atoms with Crippen LogP contribution in [0.25, 0.3) is 76.3 Å². The number of anilines is 1. The Balaban J connectivity index is 0.000000298. The minimum Gasteiger partial charge on any atom is -0.504 e. The summed E-state index contributed by atoms with van der Waals surface area (Å²) in [5.41, 5.74) is 1.07. The van der Waals surface area contributed by atoms with E-state index in [4.69, 9.17) is 162 Å². The van der Waals surface area contributed by atoms with E-state index in [9.17, 15) is 78.1 Å². The number of unbranched alkanes of at least 4 members (excludes halogenated alkanes) is 1. The number of rotatable bonds is 17. The zero-order valence-electron chi connectivity index (χ0n) is 72.4. The van der Waals surface area contributed by atoms with Gasteiger partial charge in [0.1, 0.15) is 50.8 Å². The number of pyridine rings is 1. The van der Waals surface area contributed by atoms with Crippen molar-refractivity contribution in [1.82, 2.24) is 76.9 Å². The standard InChI is InChI=1S/C23H13Cl4N5O4.C14H7Cl2F2N3O2.C14H17Cl2N3O2.2C12H12Cl2N2O2.C11H10Cl2N2O2.6BrH/c24-12-4-14(26)20(33)18-16(12)22(35)31(8-28-18)6-10-2-1-3-11(30-10)7-32-9-29-19-17(23(32)36)13(25)5-15(27)21(19)34;15-7-4-8(16)13(22)12-11(7)14(23)21(5-19-12)20-10-2-1-6(17)3-9(10)18;1-3-18(4-2)5-6-19-8-17-12-11(14(19)21)9(15)7-10(16)13(12)20;1-6(2)4-16-5-15-10-9(12(16)18)7(13)3-8(14)11(10)17;1-2-3-4-16-6-15-10-9(12(16)18)7(13)5-8(14)11(10)17;1-5(2)15-4-14-9-8(11(15)17)6(12)3-7(13)10(9)16;;;;;;/h1-5,8-9,33-34H,6-7H2;1-5,20,22H;7-8,20H,3-6H2,1-2H3;3,5-6,17H,4H2,1-2H3;5-6,17H,2-4H2,1H3;3-5,16H,1-2H3;6*1H. The molecule has 8 heterocycles. The Labute approximate surface area is 918 Å². The van der Waals surface area contributed by atoms with Crippen LogP contribution in [-0.4, -0.2) is 132 Å². The highest BCUT2D eigenvalue weighted by atomic mass is 79.9. The number of aromatic nitrogens is 15. The summed E-state index contributed by atoms with van der Waals surface area (Å²) >= 11 is 83.1. The number of hydrogen-bond acceptors (Lipinski definition) is 24. The molecule has 0 aliphatic carbocycles. The molecule has 139 heavy (non-hydrogen) atoms. The number of aromatic hydroxyl groups is 7. The van der Waals surface area contributed by atoms with Gasteiger partial charge in [0.15, 0.2) is 46.1 Å². The van der Waals surface area contributed by atoms with Gasteiger partial charge in [-0.05, 0) is 106 Å². The second-order valence-electron chi connectivity index (χ2n) is 29.5. The lowest BCUT2D eigenvalue weighted by molar-refractivity contribution is 0.289. The van der Waals surface area contributed by atoms with Gasteiger partial charge >= 0.3 is 0 Å². The van der Waals surface area contributed by atoms with Crippen LogP contribution >= 0.6 is 264 Å². The van der Waals surface area contributed by atoms with Crippen LogP contribution in [0, 0.1) is 17.6 Å². The van der Waals surface area contributed by atoms with Crippen molar-refractivity contribution >= 4 is 346 Å². The highest BCUT2D eigenvalue weighted by Gasteiger charge is 2.25. The van der Waals surface area contributed by atoms with Gasteiger partial charge in [-0.25, -0.2) is 48.3 Å². The summed E-state index contributed by atoms with van der Waals surface area (Å²) in [4.78, 5) is 123. The van der Waals surface area contributed by atoms with E-state index in [0.29, 0.717) is 43.0 Å². The van der Waals surface area contributed by atoms with Gasteiger partial charge in [0.25, 0.3) is 38.9 Å². The summed E-state index contributed by atoms with van der Waals surface area (Å²) in [5.74, 6) is -3.24. The first-order chi connectivity index (χ1) is 62.9. The third-order valence-electron chi connectivity index (χ3n) is 19.9. The van der Waals surface area contributed by atoms with E-state index in [1.165, 1.54) is 108 Å². The quantitative estimate of drug-likeness (QED) is 0.0420. The van der Waals surface area contributed by atoms with Gasteiger partial charge in [0.05, 0.1) is 176 Å². The third-order valence-corrected chi connectivity index (χ3v) is 24.0. The molecule has 0 saturated carbocycles. The highest BCUT2D eigenvalue weighted by molar-refractivity contribution is 8.93. The third kappa shape index (κ3) is 27.4. The molecule has 744 valence electrons. The Bertz CT molecular complexity index is 7650. The molecule has 0 spiro atoms. The lowest BCUT2D eigenvalue weighted by Gasteiger charge is -2.18. The maximum atomic E-state index is 13.7. The molecule has 0 radical (unpaired) electrons. The molecule has 0 saturated heterocycles. The van der Waals surface area contributed by atoms with Crippen molar-refractivity contribution in [1.29, 1.82) is 0 Å². The van der Waals surface area contributed by atoms with Crippen LogP contribution in [0.15, 0.2) is 157 Å². The predicted octanol–water partition coefficient (Wildman–Crippen LogP) is 23.7. The lowest BCUT2D eigenvalue weighted by Crippen LogP contribution is -2.31. The SMILES string of the molecule is Br.Br.Br.Br.Br.Br.CC(C)Cn1cnc2c(O)c(Cl)cc(Cl)c2c1=O.CC(C)n1cnc2c(O)c(Cl)cc(Cl)c2c1=O.CCCCn1cnc2c(O)c(Cl)cc(Cl)c2c1=O.CCN(CC)CCn1cnc2c(O)c(Cl)cc(Cl)c2c1=O.O=c1c2c(Cl)cc(Cl)c(O)c2ncn1Cc1cccc(Cn2cnc3c(O)c(Cl)cc(Cl)c3c2=O)n1.O=c1c2c(Cl)cc(Cl)c(O)c2ncn1Nc1ccc(F)cc1F. The topological polar surface area (TPSA) is 414 Å². The van der Waals surface area contributed by atoms with E-state index in [2.05, 4.69) is 64.0 Å². The molecular formula is C86H77Br6Cl14F2N17O14. The van der Waals surface area contributed by atoms with Crippen molar-refractivity contribution in [3.05, 3.63) is 289 Å². The van der Waals surface area contributed by atoms with Crippen LogP contribution in [0.1, 0.15) is 78.7 Å². The minimum absolute atomic E-state index is 0. The van der Waals surface area contributed by atoms with Gasteiger partial charge in [-0.2, -0.15) is 0 Å². The molecule has 0 fully saturated rings. The fourth-order valence-electron chi connectivity index (χ4n) is 13.1. The summed E-state index contributed by atoms with van der Waals surface area (Å²) in [7, 11) is 0. The van der Waals surface area contributed by atoms with E-state index in [1.807, 2.05) is 34.6 Å². The Morgan fingerprint density at radius 3 is 0.957 bits per heavy atom. The molecule has 0 aliphatic rings. The van der Waals surface area contributed by atoms with Gasteiger partial charge in [-0.15, -0.1) is 102 Å². The van der Waals surface area contributed by atoms with Gasteiger partial charge in [-0.3, -0.25) is 71.4 Å². The van der Waals surface area contributed by atoms with Crippen molar-refractivity contribution in [2.45, 2.75) is 100 Å². The number of halogens is 22. The maximum Gasteiger partial charge on any atom is 0.281 e. The largest absolute Gasteiger partial charge is 0.504 e. The van der Waals surface area contributed by atoms with Crippen LogP contribution < -0.4 is 44.3 Å². The maximum absolute atomic E-state index is 13.7.